The van der Waals surface area contributed by atoms with Crippen LogP contribution < -0.4 is 10.2 Å². The average Bonchev–Trinajstić information content (AvgIpc) is 2.42. The number of amides is 1. The second-order valence-corrected chi connectivity index (χ2v) is 4.95. The Morgan fingerprint density at radius 1 is 1.25 bits per heavy atom. The highest BCUT2D eigenvalue weighted by Gasteiger charge is 2.19. The number of hydrogen-bond acceptors (Lipinski definition) is 3. The molecule has 0 radical (unpaired) electrons. The van der Waals surface area contributed by atoms with E-state index >= 15 is 0 Å². The van der Waals surface area contributed by atoms with Crippen molar-refractivity contribution >= 4 is 17.6 Å². The molecule has 0 bridgehead atoms. The molecule has 0 aromatic heterocycles. The molecule has 0 saturated carbocycles. The van der Waals surface area contributed by atoms with Crippen LogP contribution in [0.5, 0.6) is 0 Å². The van der Waals surface area contributed by atoms with Gasteiger partial charge in [0.2, 0.25) is 0 Å². The van der Waals surface area contributed by atoms with Gasteiger partial charge in [-0.3, -0.25) is 4.79 Å². The zero-order valence-electron chi connectivity index (χ0n) is 12.2. The minimum Gasteiger partial charge on any atom is -0.480 e. The molecule has 0 fully saturated rings. The van der Waals surface area contributed by atoms with Crippen LogP contribution in [0.15, 0.2) is 24.3 Å². The van der Waals surface area contributed by atoms with Gasteiger partial charge in [0.1, 0.15) is 6.04 Å². The van der Waals surface area contributed by atoms with Crippen molar-refractivity contribution in [3.05, 3.63) is 29.8 Å². The van der Waals surface area contributed by atoms with Gasteiger partial charge in [-0.1, -0.05) is 19.8 Å². The highest BCUT2D eigenvalue weighted by atomic mass is 16.4. The first-order valence-corrected chi connectivity index (χ1v) is 6.76. The molecular formula is C15H22N2O3. The Morgan fingerprint density at radius 3 is 2.30 bits per heavy atom. The minimum atomic E-state index is -0.989. The topological polar surface area (TPSA) is 69.6 Å². The molecule has 1 aromatic carbocycles. The summed E-state index contributed by atoms with van der Waals surface area (Å²) < 4.78 is 0. The summed E-state index contributed by atoms with van der Waals surface area (Å²) in [4.78, 5) is 25.0. The van der Waals surface area contributed by atoms with Crippen molar-refractivity contribution in [3.8, 4) is 0 Å². The van der Waals surface area contributed by atoms with E-state index < -0.39 is 12.0 Å². The third-order valence-electron chi connectivity index (χ3n) is 3.10. The van der Waals surface area contributed by atoms with Crippen molar-refractivity contribution in [2.24, 2.45) is 0 Å². The van der Waals surface area contributed by atoms with Crippen LogP contribution in [0.1, 0.15) is 36.5 Å². The molecule has 2 N–H and O–H groups in total. The molecule has 1 rings (SSSR count). The van der Waals surface area contributed by atoms with Crippen molar-refractivity contribution in [1.82, 2.24) is 5.32 Å². The van der Waals surface area contributed by atoms with Crippen LogP contribution in [0, 0.1) is 0 Å². The van der Waals surface area contributed by atoms with Gasteiger partial charge in [0.15, 0.2) is 0 Å². The van der Waals surface area contributed by atoms with Crippen LogP contribution in [0.4, 0.5) is 5.69 Å². The first kappa shape index (κ1) is 16.0. The van der Waals surface area contributed by atoms with Crippen LogP contribution >= 0.6 is 0 Å². The summed E-state index contributed by atoms with van der Waals surface area (Å²) >= 11 is 0. The quantitative estimate of drug-likeness (QED) is 0.801. The lowest BCUT2D eigenvalue weighted by Crippen LogP contribution is -2.40. The van der Waals surface area contributed by atoms with Crippen LogP contribution in [0.25, 0.3) is 0 Å². The second kappa shape index (κ2) is 7.53. The number of hydrogen-bond donors (Lipinski definition) is 2. The van der Waals surface area contributed by atoms with Gasteiger partial charge in [-0.05, 0) is 30.7 Å². The fourth-order valence-electron chi connectivity index (χ4n) is 1.82. The van der Waals surface area contributed by atoms with Crippen molar-refractivity contribution in [1.29, 1.82) is 0 Å². The highest BCUT2D eigenvalue weighted by molar-refractivity contribution is 5.96. The number of anilines is 1. The first-order valence-electron chi connectivity index (χ1n) is 6.76. The third-order valence-corrected chi connectivity index (χ3v) is 3.10. The Kier molecular flexibility index (Phi) is 6.03. The maximum absolute atomic E-state index is 12.0. The second-order valence-electron chi connectivity index (χ2n) is 4.95. The molecule has 0 saturated heterocycles. The van der Waals surface area contributed by atoms with Gasteiger partial charge >= 0.3 is 5.97 Å². The van der Waals surface area contributed by atoms with Gasteiger partial charge in [0.25, 0.3) is 5.91 Å². The number of carboxylic acid groups (broad SMARTS) is 1. The van der Waals surface area contributed by atoms with E-state index in [1.54, 1.807) is 12.1 Å². The van der Waals surface area contributed by atoms with Crippen molar-refractivity contribution < 1.29 is 14.7 Å². The number of carbonyl (C=O) groups is 2. The lowest BCUT2D eigenvalue weighted by Gasteiger charge is -2.15. The molecule has 0 spiro atoms. The van der Waals surface area contributed by atoms with Gasteiger partial charge in [-0.25, -0.2) is 4.79 Å². The largest absolute Gasteiger partial charge is 0.480 e. The number of carbonyl (C=O) groups excluding carboxylic acids is 1. The van der Waals surface area contributed by atoms with Gasteiger partial charge < -0.3 is 15.3 Å². The van der Waals surface area contributed by atoms with Crippen LogP contribution in [-0.2, 0) is 4.79 Å². The molecule has 0 aliphatic heterocycles. The summed E-state index contributed by atoms with van der Waals surface area (Å²) in [6, 6.07) is 6.23. The Bertz CT molecular complexity index is 455. The number of unbranched alkanes of at least 4 members (excludes halogenated alkanes) is 1. The maximum Gasteiger partial charge on any atom is 0.326 e. The molecule has 1 aromatic rings. The molecule has 5 heteroatoms. The molecule has 5 nitrogen and oxygen atoms in total. The van der Waals surface area contributed by atoms with E-state index in [0.717, 1.165) is 18.5 Å². The lowest BCUT2D eigenvalue weighted by molar-refractivity contribution is -0.139. The number of nitrogens with one attached hydrogen (secondary N) is 1. The first-order chi connectivity index (χ1) is 9.45. The SMILES string of the molecule is CCCCC(NC(=O)c1ccc(N(C)C)cc1)C(=O)O. The maximum atomic E-state index is 12.0. The summed E-state index contributed by atoms with van der Waals surface area (Å²) in [6.45, 7) is 1.99. The summed E-state index contributed by atoms with van der Waals surface area (Å²) in [5.41, 5.74) is 1.46. The summed E-state index contributed by atoms with van der Waals surface area (Å²) in [5.74, 6) is -1.34. The molecule has 110 valence electrons. The average molecular weight is 278 g/mol. The number of carboxylic acids is 1. The summed E-state index contributed by atoms with van der Waals surface area (Å²) in [5, 5.41) is 11.7. The van der Waals surface area contributed by atoms with E-state index in [1.165, 1.54) is 0 Å². The molecule has 1 unspecified atom stereocenters. The fourth-order valence-corrected chi connectivity index (χ4v) is 1.82. The van der Waals surface area contributed by atoms with Crippen molar-refractivity contribution in [2.45, 2.75) is 32.2 Å². The van der Waals surface area contributed by atoms with Gasteiger partial charge in [-0.15, -0.1) is 0 Å². The molecule has 0 aliphatic carbocycles. The number of nitrogens with zero attached hydrogens (tertiary/aromatic N) is 1. The predicted octanol–water partition coefficient (Wildman–Crippen LogP) is 2.13. The highest BCUT2D eigenvalue weighted by Crippen LogP contribution is 2.12. The smallest absolute Gasteiger partial charge is 0.326 e. The predicted molar refractivity (Wildman–Crippen MR) is 79.2 cm³/mol. The Hall–Kier alpha value is -2.04. The number of aliphatic carboxylic acids is 1. The van der Waals surface area contributed by atoms with Crippen LogP contribution in [0.2, 0.25) is 0 Å². The van der Waals surface area contributed by atoms with E-state index in [2.05, 4.69) is 5.32 Å². The molecular weight excluding hydrogens is 256 g/mol. The normalized spacial score (nSPS) is 11.8. The Balaban J connectivity index is 2.70. The van der Waals surface area contributed by atoms with Crippen LogP contribution in [0.3, 0.4) is 0 Å². The van der Waals surface area contributed by atoms with E-state index in [9.17, 15) is 9.59 Å². The van der Waals surface area contributed by atoms with Crippen LogP contribution in [-0.4, -0.2) is 37.1 Å². The monoisotopic (exact) mass is 278 g/mol. The van der Waals surface area contributed by atoms with Gasteiger partial charge in [-0.2, -0.15) is 0 Å². The Labute approximate surface area is 119 Å². The molecule has 0 heterocycles. The van der Waals surface area contributed by atoms with Crippen molar-refractivity contribution in [2.75, 3.05) is 19.0 Å². The lowest BCUT2D eigenvalue weighted by atomic mass is 10.1. The van der Waals surface area contributed by atoms with Crippen molar-refractivity contribution in [3.63, 3.8) is 0 Å². The molecule has 1 amide bonds. The van der Waals surface area contributed by atoms with Gasteiger partial charge in [0, 0.05) is 25.3 Å². The summed E-state index contributed by atoms with van der Waals surface area (Å²) in [7, 11) is 3.83. The van der Waals surface area contributed by atoms with E-state index in [1.807, 2.05) is 38.1 Å². The summed E-state index contributed by atoms with van der Waals surface area (Å²) in [6.07, 6.45) is 2.13. The number of benzene rings is 1. The molecule has 1 atom stereocenters. The minimum absolute atomic E-state index is 0.348. The van der Waals surface area contributed by atoms with Gasteiger partial charge in [0.05, 0.1) is 0 Å². The standard InChI is InChI=1S/C15H22N2O3/c1-4-5-6-13(15(19)20)16-14(18)11-7-9-12(10-8-11)17(2)3/h7-10,13H,4-6H2,1-3H3,(H,16,18)(H,19,20). The third kappa shape index (κ3) is 4.57. The fraction of sp³-hybridized carbons (Fsp3) is 0.467. The zero-order chi connectivity index (χ0) is 15.1. The molecule has 20 heavy (non-hydrogen) atoms. The zero-order valence-corrected chi connectivity index (χ0v) is 12.2. The Morgan fingerprint density at radius 2 is 1.85 bits per heavy atom. The molecule has 0 aliphatic rings. The van der Waals surface area contributed by atoms with E-state index in [4.69, 9.17) is 5.11 Å². The number of rotatable bonds is 7. The van der Waals surface area contributed by atoms with E-state index in [0.29, 0.717) is 12.0 Å². The van der Waals surface area contributed by atoms with E-state index in [-0.39, 0.29) is 5.91 Å².